The highest BCUT2D eigenvalue weighted by Gasteiger charge is 2.15. The topological polar surface area (TPSA) is 69.0 Å². The summed E-state index contributed by atoms with van der Waals surface area (Å²) < 4.78 is 7.42. The van der Waals surface area contributed by atoms with Crippen LogP contribution in [0.2, 0.25) is 5.02 Å². The molecule has 0 aliphatic carbocycles. The third kappa shape index (κ3) is 5.62. The molecule has 6 nitrogen and oxygen atoms in total. The van der Waals surface area contributed by atoms with Gasteiger partial charge in [-0.3, -0.25) is 9.36 Å². The lowest BCUT2D eigenvalue weighted by molar-refractivity contribution is -0.113. The van der Waals surface area contributed by atoms with E-state index in [0.717, 1.165) is 11.3 Å². The van der Waals surface area contributed by atoms with Crippen molar-refractivity contribution >= 4 is 35.0 Å². The molecule has 0 bridgehead atoms. The molecule has 3 aromatic rings. The van der Waals surface area contributed by atoms with Gasteiger partial charge in [0.25, 0.3) is 0 Å². The first-order valence-corrected chi connectivity index (χ1v) is 10.4. The van der Waals surface area contributed by atoms with Crippen molar-refractivity contribution in [2.75, 3.05) is 17.7 Å². The summed E-state index contributed by atoms with van der Waals surface area (Å²) in [4.78, 5) is 12.3. The van der Waals surface area contributed by atoms with E-state index in [-0.39, 0.29) is 11.7 Å². The van der Waals surface area contributed by atoms with Gasteiger partial charge in [-0.1, -0.05) is 35.5 Å². The first-order chi connectivity index (χ1) is 14.1. The van der Waals surface area contributed by atoms with E-state index in [1.165, 1.54) is 11.8 Å². The second-order valence-corrected chi connectivity index (χ2v) is 7.39. The van der Waals surface area contributed by atoms with E-state index >= 15 is 0 Å². The Morgan fingerprint density at radius 2 is 2.07 bits per heavy atom. The summed E-state index contributed by atoms with van der Waals surface area (Å²) in [5.74, 6) is 1.57. The van der Waals surface area contributed by atoms with Crippen molar-refractivity contribution in [3.63, 3.8) is 0 Å². The van der Waals surface area contributed by atoms with Gasteiger partial charge in [0.05, 0.1) is 12.4 Å². The van der Waals surface area contributed by atoms with Crippen LogP contribution >= 0.6 is 23.4 Å². The zero-order valence-electron chi connectivity index (χ0n) is 16.0. The van der Waals surface area contributed by atoms with Crippen LogP contribution in [-0.4, -0.2) is 33.0 Å². The zero-order chi connectivity index (χ0) is 20.6. The van der Waals surface area contributed by atoms with Gasteiger partial charge in [0.1, 0.15) is 5.75 Å². The lowest BCUT2D eigenvalue weighted by Gasteiger charge is -2.09. The van der Waals surface area contributed by atoms with Crippen LogP contribution < -0.4 is 10.1 Å². The van der Waals surface area contributed by atoms with Crippen molar-refractivity contribution < 1.29 is 9.53 Å². The largest absolute Gasteiger partial charge is 0.494 e. The number of anilines is 1. The SMILES string of the molecule is C=CCn1c(SCC(=O)Nc2cccc(Cl)c2)nnc1-c1ccc(OCC)cc1. The van der Waals surface area contributed by atoms with Crippen molar-refractivity contribution in [1.82, 2.24) is 14.8 Å². The maximum absolute atomic E-state index is 12.3. The highest BCUT2D eigenvalue weighted by molar-refractivity contribution is 7.99. The number of thioether (sulfide) groups is 1. The molecule has 0 unspecified atom stereocenters. The first kappa shape index (κ1) is 21.0. The number of benzene rings is 2. The van der Waals surface area contributed by atoms with Gasteiger partial charge in [0.15, 0.2) is 11.0 Å². The molecule has 3 rings (SSSR count). The van der Waals surface area contributed by atoms with Crippen LogP contribution in [0.15, 0.2) is 66.3 Å². The molecule has 150 valence electrons. The van der Waals surface area contributed by atoms with Gasteiger partial charge < -0.3 is 10.1 Å². The molecule has 0 atom stereocenters. The summed E-state index contributed by atoms with van der Waals surface area (Å²) in [6.07, 6.45) is 1.78. The van der Waals surface area contributed by atoms with Crippen LogP contribution in [0.25, 0.3) is 11.4 Å². The van der Waals surface area contributed by atoms with E-state index in [2.05, 4.69) is 22.1 Å². The van der Waals surface area contributed by atoms with Crippen molar-refractivity contribution in [3.8, 4) is 17.1 Å². The average Bonchev–Trinajstić information content (AvgIpc) is 3.10. The number of carbonyl (C=O) groups excluding carboxylic acids is 1. The third-order valence-corrected chi connectivity index (χ3v) is 5.09. The quantitative estimate of drug-likeness (QED) is 0.387. The van der Waals surface area contributed by atoms with Gasteiger partial charge in [-0.25, -0.2) is 0 Å². The van der Waals surface area contributed by atoms with Crippen molar-refractivity contribution in [2.45, 2.75) is 18.6 Å². The Morgan fingerprint density at radius 1 is 1.28 bits per heavy atom. The van der Waals surface area contributed by atoms with Crippen LogP contribution in [0.3, 0.4) is 0 Å². The molecule has 0 radical (unpaired) electrons. The molecule has 1 amide bonds. The number of ether oxygens (including phenoxy) is 1. The number of hydrogen-bond acceptors (Lipinski definition) is 5. The Morgan fingerprint density at radius 3 is 2.76 bits per heavy atom. The Bertz CT molecular complexity index is 989. The van der Waals surface area contributed by atoms with Crippen LogP contribution in [0.4, 0.5) is 5.69 Å². The number of amides is 1. The van der Waals surface area contributed by atoms with E-state index in [4.69, 9.17) is 16.3 Å². The molecule has 1 heterocycles. The number of hydrogen-bond donors (Lipinski definition) is 1. The summed E-state index contributed by atoms with van der Waals surface area (Å²) in [5.41, 5.74) is 1.57. The van der Waals surface area contributed by atoms with E-state index in [1.54, 1.807) is 30.3 Å². The monoisotopic (exact) mass is 428 g/mol. The standard InChI is InChI=1S/C21H21ClN4O2S/c1-3-12-26-20(15-8-10-18(11-9-15)28-4-2)24-25-21(26)29-14-19(27)23-17-7-5-6-16(22)13-17/h3,5-11,13H,1,4,12,14H2,2H3,(H,23,27). The Labute approximate surface area is 178 Å². The van der Waals surface area contributed by atoms with E-state index < -0.39 is 0 Å². The Kier molecular flexibility index (Phi) is 7.32. The maximum Gasteiger partial charge on any atom is 0.234 e. The number of nitrogens with zero attached hydrogens (tertiary/aromatic N) is 3. The fraction of sp³-hybridized carbons (Fsp3) is 0.190. The van der Waals surface area contributed by atoms with Gasteiger partial charge in [-0.2, -0.15) is 0 Å². The normalized spacial score (nSPS) is 10.6. The number of aromatic nitrogens is 3. The minimum absolute atomic E-state index is 0.145. The van der Waals surface area contributed by atoms with Crippen LogP contribution in [-0.2, 0) is 11.3 Å². The van der Waals surface area contributed by atoms with E-state index in [9.17, 15) is 4.79 Å². The van der Waals surface area contributed by atoms with E-state index in [0.29, 0.717) is 34.8 Å². The lowest BCUT2D eigenvalue weighted by atomic mass is 10.2. The number of rotatable bonds is 9. The predicted molar refractivity (Wildman–Crippen MR) is 118 cm³/mol. The fourth-order valence-corrected chi connectivity index (χ4v) is 3.60. The number of carbonyl (C=O) groups is 1. The van der Waals surface area contributed by atoms with Crippen LogP contribution in [0.1, 0.15) is 6.92 Å². The molecular weight excluding hydrogens is 408 g/mol. The second-order valence-electron chi connectivity index (χ2n) is 6.01. The van der Waals surface area contributed by atoms with Gasteiger partial charge in [0.2, 0.25) is 5.91 Å². The summed E-state index contributed by atoms with van der Waals surface area (Å²) in [7, 11) is 0. The fourth-order valence-electron chi connectivity index (χ4n) is 2.66. The Balaban J connectivity index is 1.71. The molecule has 0 spiro atoms. The number of allylic oxidation sites excluding steroid dienone is 1. The first-order valence-electron chi connectivity index (χ1n) is 9.06. The third-order valence-electron chi connectivity index (χ3n) is 3.89. The molecule has 8 heteroatoms. The van der Waals surface area contributed by atoms with Crippen LogP contribution in [0, 0.1) is 0 Å². The summed E-state index contributed by atoms with van der Waals surface area (Å²) >= 11 is 7.27. The molecule has 0 aliphatic heterocycles. The highest BCUT2D eigenvalue weighted by Crippen LogP contribution is 2.26. The second kappa shape index (κ2) is 10.1. The van der Waals surface area contributed by atoms with Gasteiger partial charge in [-0.15, -0.1) is 16.8 Å². The number of nitrogens with one attached hydrogen (secondary N) is 1. The molecule has 0 fully saturated rings. The molecule has 1 aromatic heterocycles. The summed E-state index contributed by atoms with van der Waals surface area (Å²) in [6, 6.07) is 14.7. The summed E-state index contributed by atoms with van der Waals surface area (Å²) in [5, 5.41) is 12.6. The minimum Gasteiger partial charge on any atom is -0.494 e. The molecule has 1 N–H and O–H groups in total. The number of halogens is 1. The minimum atomic E-state index is -0.145. The lowest BCUT2D eigenvalue weighted by Crippen LogP contribution is -2.14. The summed E-state index contributed by atoms with van der Waals surface area (Å²) in [6.45, 7) is 6.91. The molecule has 0 saturated carbocycles. The van der Waals surface area contributed by atoms with Crippen molar-refractivity contribution in [2.24, 2.45) is 0 Å². The van der Waals surface area contributed by atoms with Crippen LogP contribution in [0.5, 0.6) is 5.75 Å². The molecular formula is C21H21ClN4O2S. The van der Waals surface area contributed by atoms with Gasteiger partial charge in [-0.05, 0) is 49.4 Å². The molecule has 0 aliphatic rings. The van der Waals surface area contributed by atoms with Crippen molar-refractivity contribution in [3.05, 3.63) is 66.2 Å². The van der Waals surface area contributed by atoms with E-state index in [1.807, 2.05) is 35.8 Å². The van der Waals surface area contributed by atoms with Crippen molar-refractivity contribution in [1.29, 1.82) is 0 Å². The smallest absolute Gasteiger partial charge is 0.234 e. The maximum atomic E-state index is 12.3. The van der Waals surface area contributed by atoms with Gasteiger partial charge >= 0.3 is 0 Å². The zero-order valence-corrected chi connectivity index (χ0v) is 17.5. The highest BCUT2D eigenvalue weighted by atomic mass is 35.5. The molecule has 0 saturated heterocycles. The van der Waals surface area contributed by atoms with Gasteiger partial charge in [0, 0.05) is 22.8 Å². The Hall–Kier alpha value is -2.77. The molecule has 2 aromatic carbocycles. The predicted octanol–water partition coefficient (Wildman–Crippen LogP) is 4.91. The molecule has 29 heavy (non-hydrogen) atoms. The average molecular weight is 429 g/mol.